The maximum atomic E-state index is 11.9. The van der Waals surface area contributed by atoms with Crippen molar-refractivity contribution in [2.45, 2.75) is 79.1 Å². The monoisotopic (exact) mass is 326 g/mol. The summed E-state index contributed by atoms with van der Waals surface area (Å²) in [5, 5.41) is 0. The number of allylic oxidation sites excluding steroid dienone is 4. The van der Waals surface area contributed by atoms with Gasteiger partial charge in [-0.15, -0.1) is 0 Å². The lowest BCUT2D eigenvalue weighted by Gasteiger charge is -2.55. The van der Waals surface area contributed by atoms with Gasteiger partial charge in [-0.25, -0.2) is 0 Å². The van der Waals surface area contributed by atoms with E-state index in [1.807, 2.05) is 6.08 Å². The van der Waals surface area contributed by atoms with Crippen molar-refractivity contribution in [3.8, 4) is 0 Å². The molecule has 0 heterocycles. The molecule has 6 atom stereocenters. The molecule has 0 aromatic carbocycles. The maximum absolute atomic E-state index is 11.9. The third kappa shape index (κ3) is 2.15. The van der Waals surface area contributed by atoms with Crippen molar-refractivity contribution in [3.05, 3.63) is 23.3 Å². The van der Waals surface area contributed by atoms with Gasteiger partial charge in [-0.2, -0.15) is 0 Å². The van der Waals surface area contributed by atoms with Crippen LogP contribution in [0.3, 0.4) is 0 Å². The van der Waals surface area contributed by atoms with Gasteiger partial charge in [0.2, 0.25) is 0 Å². The van der Waals surface area contributed by atoms with Crippen LogP contribution in [-0.4, -0.2) is 5.78 Å². The molecular weight excluding hydrogens is 292 g/mol. The van der Waals surface area contributed by atoms with Crippen molar-refractivity contribution in [2.24, 2.45) is 34.5 Å². The highest BCUT2D eigenvalue weighted by molar-refractivity contribution is 5.91. The molecule has 0 aromatic heterocycles. The van der Waals surface area contributed by atoms with Gasteiger partial charge in [0, 0.05) is 6.42 Å². The Labute approximate surface area is 148 Å². The summed E-state index contributed by atoms with van der Waals surface area (Å²) in [5.74, 6) is 3.65. The number of fused-ring (bicyclic) bond motifs is 5. The fraction of sp³-hybridized carbons (Fsp3) is 0.783. The third-order valence-electron chi connectivity index (χ3n) is 8.80. The molecule has 4 rings (SSSR count). The summed E-state index contributed by atoms with van der Waals surface area (Å²) >= 11 is 0. The smallest absolute Gasteiger partial charge is 0.155 e. The van der Waals surface area contributed by atoms with Crippen LogP contribution in [0.15, 0.2) is 23.3 Å². The molecular formula is C23H34O. The van der Waals surface area contributed by atoms with E-state index in [2.05, 4.69) is 33.8 Å². The highest BCUT2D eigenvalue weighted by Crippen LogP contribution is 2.66. The van der Waals surface area contributed by atoms with Gasteiger partial charge in [0.15, 0.2) is 5.78 Å². The molecule has 4 aliphatic rings. The first-order valence-electron chi connectivity index (χ1n) is 10.3. The van der Waals surface area contributed by atoms with Crippen molar-refractivity contribution in [1.82, 2.24) is 0 Å². The summed E-state index contributed by atoms with van der Waals surface area (Å²) in [4.78, 5) is 11.9. The van der Waals surface area contributed by atoms with Gasteiger partial charge in [-0.3, -0.25) is 4.79 Å². The lowest BCUT2D eigenvalue weighted by molar-refractivity contribution is -0.116. The molecule has 4 aliphatic carbocycles. The van der Waals surface area contributed by atoms with E-state index in [9.17, 15) is 4.79 Å². The minimum Gasteiger partial charge on any atom is -0.295 e. The predicted molar refractivity (Wildman–Crippen MR) is 99.6 cm³/mol. The summed E-state index contributed by atoms with van der Waals surface area (Å²) < 4.78 is 0. The molecule has 2 saturated carbocycles. The van der Waals surface area contributed by atoms with E-state index in [1.54, 1.807) is 5.57 Å². The van der Waals surface area contributed by atoms with Gasteiger partial charge in [0.1, 0.15) is 0 Å². The second-order valence-corrected chi connectivity index (χ2v) is 9.68. The highest BCUT2D eigenvalue weighted by atomic mass is 16.1. The quantitative estimate of drug-likeness (QED) is 0.560. The minimum absolute atomic E-state index is 0.272. The zero-order valence-electron chi connectivity index (χ0n) is 16.0. The Hall–Kier alpha value is -0.850. The molecule has 0 saturated heterocycles. The molecule has 0 N–H and O–H groups in total. The molecule has 24 heavy (non-hydrogen) atoms. The maximum Gasteiger partial charge on any atom is 0.155 e. The van der Waals surface area contributed by atoms with Crippen LogP contribution in [0.1, 0.15) is 79.1 Å². The summed E-state index contributed by atoms with van der Waals surface area (Å²) in [6.45, 7) is 9.92. The topological polar surface area (TPSA) is 17.1 Å². The van der Waals surface area contributed by atoms with E-state index >= 15 is 0 Å². The summed E-state index contributed by atoms with van der Waals surface area (Å²) in [6, 6.07) is 0. The molecule has 2 unspecified atom stereocenters. The molecule has 0 aromatic rings. The van der Waals surface area contributed by atoms with Crippen LogP contribution in [0.2, 0.25) is 0 Å². The highest BCUT2D eigenvalue weighted by Gasteiger charge is 2.56. The number of ketones is 1. The molecule has 132 valence electrons. The van der Waals surface area contributed by atoms with Crippen molar-refractivity contribution in [1.29, 1.82) is 0 Å². The molecule has 0 aliphatic heterocycles. The summed E-state index contributed by atoms with van der Waals surface area (Å²) in [5.41, 5.74) is 4.03. The molecule has 0 spiro atoms. The molecule has 1 heteroatoms. The zero-order valence-corrected chi connectivity index (χ0v) is 16.0. The Bertz CT molecular complexity index is 612. The van der Waals surface area contributed by atoms with Gasteiger partial charge in [0.05, 0.1) is 0 Å². The van der Waals surface area contributed by atoms with Crippen LogP contribution >= 0.6 is 0 Å². The molecule has 0 radical (unpaired) electrons. The van der Waals surface area contributed by atoms with Gasteiger partial charge in [-0.05, 0) is 79.1 Å². The van der Waals surface area contributed by atoms with Crippen LogP contribution in [0.5, 0.6) is 0 Å². The lowest BCUT2D eigenvalue weighted by atomic mass is 9.50. The van der Waals surface area contributed by atoms with E-state index in [0.29, 0.717) is 17.1 Å². The van der Waals surface area contributed by atoms with Crippen LogP contribution in [-0.2, 0) is 4.79 Å². The SMILES string of the molecule is CC[C@@H](C)[C@H]1CCC2C3=CCC4=CC(=O)CC[C@@]4(C)C3CC[C@@]21C. The fourth-order valence-electron chi connectivity index (χ4n) is 7.12. The molecule has 2 fully saturated rings. The average molecular weight is 327 g/mol. The molecule has 0 amide bonds. The normalized spacial score (nSPS) is 45.7. The van der Waals surface area contributed by atoms with E-state index in [4.69, 9.17) is 0 Å². The van der Waals surface area contributed by atoms with E-state index < -0.39 is 0 Å². The average Bonchev–Trinajstić information content (AvgIpc) is 2.92. The Morgan fingerprint density at radius 1 is 1.17 bits per heavy atom. The number of rotatable bonds is 2. The number of carbonyl (C=O) groups excluding carboxylic acids is 1. The van der Waals surface area contributed by atoms with Gasteiger partial charge >= 0.3 is 0 Å². The third-order valence-corrected chi connectivity index (χ3v) is 8.80. The van der Waals surface area contributed by atoms with Crippen molar-refractivity contribution >= 4 is 5.78 Å². The van der Waals surface area contributed by atoms with Gasteiger partial charge < -0.3 is 0 Å². The Morgan fingerprint density at radius 3 is 2.71 bits per heavy atom. The largest absolute Gasteiger partial charge is 0.295 e. The van der Waals surface area contributed by atoms with Gasteiger partial charge in [-0.1, -0.05) is 51.3 Å². The zero-order chi connectivity index (χ0) is 17.1. The fourth-order valence-corrected chi connectivity index (χ4v) is 7.12. The number of hydrogen-bond acceptors (Lipinski definition) is 1. The molecule has 1 nitrogen and oxygen atoms in total. The van der Waals surface area contributed by atoms with Crippen molar-refractivity contribution in [2.75, 3.05) is 0 Å². The number of carbonyl (C=O) groups is 1. The van der Waals surface area contributed by atoms with Crippen molar-refractivity contribution < 1.29 is 4.79 Å². The van der Waals surface area contributed by atoms with E-state index in [0.717, 1.165) is 37.0 Å². The standard InChI is InChI=1S/C23H34O/c1-5-15(2)19-8-9-20-18-7-6-16-14-17(24)10-12-22(16,3)21(18)11-13-23(19,20)4/h7,14-15,19-21H,5-6,8-13H2,1-4H3/t15-,19-,20?,21?,22-,23-/m1/s1. The second-order valence-electron chi connectivity index (χ2n) is 9.68. The Balaban J connectivity index is 1.69. The van der Waals surface area contributed by atoms with E-state index in [1.165, 1.54) is 37.7 Å². The first-order chi connectivity index (χ1) is 11.4. The predicted octanol–water partition coefficient (Wildman–Crippen LogP) is 6.10. The molecule has 0 bridgehead atoms. The van der Waals surface area contributed by atoms with Crippen LogP contribution in [0.25, 0.3) is 0 Å². The summed E-state index contributed by atoms with van der Waals surface area (Å²) in [6.07, 6.45) is 14.3. The minimum atomic E-state index is 0.272. The summed E-state index contributed by atoms with van der Waals surface area (Å²) in [7, 11) is 0. The van der Waals surface area contributed by atoms with Crippen molar-refractivity contribution in [3.63, 3.8) is 0 Å². The lowest BCUT2D eigenvalue weighted by Crippen LogP contribution is -2.46. The van der Waals surface area contributed by atoms with E-state index in [-0.39, 0.29) is 5.41 Å². The van der Waals surface area contributed by atoms with Crippen LogP contribution in [0.4, 0.5) is 0 Å². The first-order valence-corrected chi connectivity index (χ1v) is 10.3. The Kier molecular flexibility index (Phi) is 3.86. The van der Waals surface area contributed by atoms with Crippen LogP contribution in [0, 0.1) is 34.5 Å². The second kappa shape index (κ2) is 5.58. The first kappa shape index (κ1) is 16.6. The number of hydrogen-bond donors (Lipinski definition) is 0. The van der Waals surface area contributed by atoms with Crippen LogP contribution < -0.4 is 0 Å². The Morgan fingerprint density at radius 2 is 1.96 bits per heavy atom. The van der Waals surface area contributed by atoms with Gasteiger partial charge in [0.25, 0.3) is 0 Å².